The molecule has 3 nitrogen and oxygen atoms in total. The smallest absolute Gasteiger partial charge is 0.179 e. The van der Waals surface area contributed by atoms with Gasteiger partial charge in [-0.2, -0.15) is 0 Å². The molecule has 0 bridgehead atoms. The van der Waals surface area contributed by atoms with E-state index in [1.54, 1.807) is 6.20 Å². The molecule has 4 heteroatoms. The highest BCUT2D eigenvalue weighted by Gasteiger charge is 2.05. The second kappa shape index (κ2) is 4.97. The number of benzene rings is 1. The predicted octanol–water partition coefficient (Wildman–Crippen LogP) is 3.70. The third-order valence-electron chi connectivity index (χ3n) is 3.30. The third-order valence-corrected chi connectivity index (χ3v) is 3.62. The topological polar surface area (TPSA) is 33.6 Å². The number of fused-ring (bicyclic) bond motifs is 1. The molecule has 3 aromatic rings. The largest absolute Gasteiger partial charge is 0.329 e. The molecule has 0 fully saturated rings. The van der Waals surface area contributed by atoms with Gasteiger partial charge in [0.15, 0.2) is 10.4 Å². The highest BCUT2D eigenvalue weighted by molar-refractivity contribution is 7.71. The van der Waals surface area contributed by atoms with E-state index in [1.165, 1.54) is 11.1 Å². The van der Waals surface area contributed by atoms with Crippen molar-refractivity contribution in [2.45, 2.75) is 19.9 Å². The summed E-state index contributed by atoms with van der Waals surface area (Å²) in [5, 5.41) is 0. The summed E-state index contributed by atoms with van der Waals surface area (Å²) in [4.78, 5) is 7.58. The number of H-pyrrole nitrogens is 1. The zero-order chi connectivity index (χ0) is 13.2. The summed E-state index contributed by atoms with van der Waals surface area (Å²) in [5.41, 5.74) is 4.48. The average molecular weight is 269 g/mol. The second-order valence-electron chi connectivity index (χ2n) is 4.56. The van der Waals surface area contributed by atoms with Crippen LogP contribution in [0.1, 0.15) is 18.1 Å². The van der Waals surface area contributed by atoms with Crippen LogP contribution in [0.3, 0.4) is 0 Å². The van der Waals surface area contributed by atoms with E-state index in [4.69, 9.17) is 12.2 Å². The minimum Gasteiger partial charge on any atom is -0.329 e. The van der Waals surface area contributed by atoms with E-state index in [1.807, 2.05) is 16.7 Å². The van der Waals surface area contributed by atoms with Crippen LogP contribution in [0.15, 0.2) is 42.6 Å². The number of pyridine rings is 1. The molecule has 19 heavy (non-hydrogen) atoms. The van der Waals surface area contributed by atoms with E-state index < -0.39 is 0 Å². The molecule has 0 aliphatic carbocycles. The Morgan fingerprint density at radius 2 is 1.89 bits per heavy atom. The van der Waals surface area contributed by atoms with Crippen molar-refractivity contribution in [3.8, 4) is 0 Å². The number of aromatic amines is 1. The first-order valence-corrected chi connectivity index (χ1v) is 6.80. The van der Waals surface area contributed by atoms with Crippen molar-refractivity contribution in [2.24, 2.45) is 0 Å². The first-order chi connectivity index (χ1) is 9.28. The maximum Gasteiger partial charge on any atom is 0.179 e. The van der Waals surface area contributed by atoms with E-state index >= 15 is 0 Å². The molecule has 3 rings (SSSR count). The number of hydrogen-bond donors (Lipinski definition) is 1. The van der Waals surface area contributed by atoms with Crippen LogP contribution in [0.25, 0.3) is 11.2 Å². The van der Waals surface area contributed by atoms with Gasteiger partial charge in [-0.05, 0) is 41.9 Å². The lowest BCUT2D eigenvalue weighted by Crippen LogP contribution is -2.00. The minimum atomic E-state index is 0.716. The summed E-state index contributed by atoms with van der Waals surface area (Å²) in [7, 11) is 0. The molecular formula is C15H15N3S. The van der Waals surface area contributed by atoms with Gasteiger partial charge in [-0.25, -0.2) is 4.98 Å². The monoisotopic (exact) mass is 269 g/mol. The number of rotatable bonds is 3. The fraction of sp³-hybridized carbons (Fsp3) is 0.200. The van der Waals surface area contributed by atoms with Crippen LogP contribution in [-0.2, 0) is 13.0 Å². The number of nitrogens with one attached hydrogen (secondary N) is 1. The SMILES string of the molecule is CCc1ccc(Cn2c(=S)[nH]c3cccnc32)cc1. The standard InChI is InChI=1S/C15H15N3S/c1-2-11-5-7-12(8-6-11)10-18-14-13(17-15(18)19)4-3-9-16-14/h3-9H,2,10H2,1H3,(H,17,19). The Morgan fingerprint density at radius 1 is 1.16 bits per heavy atom. The minimum absolute atomic E-state index is 0.716. The number of imidazole rings is 1. The van der Waals surface area contributed by atoms with Crippen LogP contribution in [0.4, 0.5) is 0 Å². The fourth-order valence-corrected chi connectivity index (χ4v) is 2.46. The molecule has 2 heterocycles. The zero-order valence-corrected chi connectivity index (χ0v) is 11.6. The van der Waals surface area contributed by atoms with E-state index in [2.05, 4.69) is 41.2 Å². The average Bonchev–Trinajstić information content (AvgIpc) is 2.76. The Hall–Kier alpha value is -1.94. The Bertz CT molecular complexity index is 753. The lowest BCUT2D eigenvalue weighted by Gasteiger charge is -2.05. The van der Waals surface area contributed by atoms with Crippen molar-refractivity contribution in [1.82, 2.24) is 14.5 Å². The summed E-state index contributed by atoms with van der Waals surface area (Å²) >= 11 is 5.37. The van der Waals surface area contributed by atoms with Gasteiger partial charge in [0.25, 0.3) is 0 Å². The summed E-state index contributed by atoms with van der Waals surface area (Å²) in [6.45, 7) is 2.91. The van der Waals surface area contributed by atoms with Crippen molar-refractivity contribution in [3.63, 3.8) is 0 Å². The van der Waals surface area contributed by atoms with Gasteiger partial charge in [-0.15, -0.1) is 0 Å². The van der Waals surface area contributed by atoms with Crippen LogP contribution >= 0.6 is 12.2 Å². The summed E-state index contributed by atoms with van der Waals surface area (Å²) < 4.78 is 2.75. The molecule has 0 aliphatic rings. The number of aryl methyl sites for hydroxylation is 1. The van der Waals surface area contributed by atoms with Gasteiger partial charge in [0.2, 0.25) is 0 Å². The van der Waals surface area contributed by atoms with E-state index in [0.29, 0.717) is 4.77 Å². The van der Waals surface area contributed by atoms with Crippen molar-refractivity contribution in [1.29, 1.82) is 0 Å². The molecule has 0 spiro atoms. The molecule has 0 saturated heterocycles. The van der Waals surface area contributed by atoms with Crippen LogP contribution < -0.4 is 0 Å². The third kappa shape index (κ3) is 2.31. The Morgan fingerprint density at radius 3 is 2.63 bits per heavy atom. The molecule has 0 aliphatic heterocycles. The lowest BCUT2D eigenvalue weighted by molar-refractivity contribution is 0.800. The number of hydrogen-bond acceptors (Lipinski definition) is 2. The molecular weight excluding hydrogens is 254 g/mol. The lowest BCUT2D eigenvalue weighted by atomic mass is 10.1. The highest BCUT2D eigenvalue weighted by Crippen LogP contribution is 2.14. The molecule has 0 atom stereocenters. The van der Waals surface area contributed by atoms with Gasteiger partial charge in [0, 0.05) is 6.20 Å². The molecule has 0 radical (unpaired) electrons. The van der Waals surface area contributed by atoms with Crippen molar-refractivity contribution < 1.29 is 0 Å². The molecule has 0 saturated carbocycles. The summed E-state index contributed by atoms with van der Waals surface area (Å²) in [6, 6.07) is 12.6. The van der Waals surface area contributed by atoms with E-state index in [9.17, 15) is 0 Å². The molecule has 1 aromatic carbocycles. The van der Waals surface area contributed by atoms with Gasteiger partial charge in [-0.3, -0.25) is 4.57 Å². The van der Waals surface area contributed by atoms with Crippen LogP contribution in [0, 0.1) is 4.77 Å². The van der Waals surface area contributed by atoms with E-state index in [0.717, 1.165) is 24.1 Å². The Labute approximate surface area is 116 Å². The maximum absolute atomic E-state index is 5.37. The summed E-state index contributed by atoms with van der Waals surface area (Å²) in [5.74, 6) is 0. The first-order valence-electron chi connectivity index (χ1n) is 6.39. The van der Waals surface area contributed by atoms with Crippen LogP contribution in [0.5, 0.6) is 0 Å². The van der Waals surface area contributed by atoms with Gasteiger partial charge in [0.1, 0.15) is 0 Å². The van der Waals surface area contributed by atoms with Gasteiger partial charge in [0.05, 0.1) is 12.1 Å². The second-order valence-corrected chi connectivity index (χ2v) is 4.95. The molecule has 1 N–H and O–H groups in total. The summed E-state index contributed by atoms with van der Waals surface area (Å²) in [6.07, 6.45) is 2.86. The molecule has 0 amide bonds. The van der Waals surface area contributed by atoms with Crippen LogP contribution in [-0.4, -0.2) is 14.5 Å². The highest BCUT2D eigenvalue weighted by atomic mass is 32.1. The molecule has 0 unspecified atom stereocenters. The Kier molecular flexibility index (Phi) is 3.17. The maximum atomic E-state index is 5.37. The quantitative estimate of drug-likeness (QED) is 0.735. The van der Waals surface area contributed by atoms with Gasteiger partial charge < -0.3 is 4.98 Å². The van der Waals surface area contributed by atoms with E-state index in [-0.39, 0.29) is 0 Å². The Balaban J connectivity index is 2.00. The predicted molar refractivity (Wildman–Crippen MR) is 79.8 cm³/mol. The van der Waals surface area contributed by atoms with Gasteiger partial charge >= 0.3 is 0 Å². The zero-order valence-electron chi connectivity index (χ0n) is 10.8. The van der Waals surface area contributed by atoms with Crippen molar-refractivity contribution >= 4 is 23.4 Å². The van der Waals surface area contributed by atoms with Crippen LogP contribution in [0.2, 0.25) is 0 Å². The number of aromatic nitrogens is 3. The number of nitrogens with zero attached hydrogens (tertiary/aromatic N) is 2. The normalized spacial score (nSPS) is 11.0. The molecule has 96 valence electrons. The van der Waals surface area contributed by atoms with Crippen molar-refractivity contribution in [3.05, 3.63) is 58.5 Å². The molecule has 2 aromatic heterocycles. The first kappa shape index (κ1) is 12.1. The fourth-order valence-electron chi connectivity index (χ4n) is 2.20. The van der Waals surface area contributed by atoms with Gasteiger partial charge in [-0.1, -0.05) is 31.2 Å². The van der Waals surface area contributed by atoms with Crippen molar-refractivity contribution in [2.75, 3.05) is 0 Å².